The van der Waals surface area contributed by atoms with Crippen LogP contribution >= 0.6 is 0 Å². The number of amides is 2. The van der Waals surface area contributed by atoms with Crippen LogP contribution in [0.2, 0.25) is 0 Å². The molecule has 1 heterocycles. The van der Waals surface area contributed by atoms with Crippen LogP contribution in [-0.2, 0) is 11.3 Å². The Balaban J connectivity index is 1.85. The second-order valence-electron chi connectivity index (χ2n) is 4.92. The zero-order valence-corrected chi connectivity index (χ0v) is 12.5. The lowest BCUT2D eigenvalue weighted by Gasteiger charge is -2.21. The molecule has 0 aliphatic rings. The van der Waals surface area contributed by atoms with Crippen LogP contribution < -0.4 is 5.32 Å². The molecule has 2 amide bonds. The number of rotatable bonds is 6. The first-order valence-corrected chi connectivity index (χ1v) is 7.14. The quantitative estimate of drug-likeness (QED) is 0.885. The molecule has 2 rings (SSSR count). The topological polar surface area (TPSA) is 62.3 Å². The molecule has 1 N–H and O–H groups in total. The van der Waals surface area contributed by atoms with E-state index < -0.39 is 0 Å². The highest BCUT2D eigenvalue weighted by Gasteiger charge is 2.10. The van der Waals surface area contributed by atoms with E-state index in [4.69, 9.17) is 0 Å². The highest BCUT2D eigenvalue weighted by molar-refractivity contribution is 5.93. The lowest BCUT2D eigenvalue weighted by Crippen LogP contribution is -2.37. The van der Waals surface area contributed by atoms with E-state index in [1.165, 1.54) is 13.1 Å². The van der Waals surface area contributed by atoms with Gasteiger partial charge in [-0.3, -0.25) is 14.6 Å². The summed E-state index contributed by atoms with van der Waals surface area (Å²) in [6.07, 6.45) is 3.14. The van der Waals surface area contributed by atoms with E-state index in [0.29, 0.717) is 25.2 Å². The minimum Gasteiger partial charge on any atom is -0.350 e. The number of aromatic nitrogens is 1. The Morgan fingerprint density at radius 2 is 1.91 bits per heavy atom. The number of carbonyl (C=O) groups is 2. The van der Waals surface area contributed by atoms with Gasteiger partial charge in [0.1, 0.15) is 0 Å². The summed E-state index contributed by atoms with van der Waals surface area (Å²) >= 11 is 0. The molecule has 0 unspecified atom stereocenters. The van der Waals surface area contributed by atoms with Crippen molar-refractivity contribution in [1.29, 1.82) is 0 Å². The predicted molar refractivity (Wildman–Crippen MR) is 84.1 cm³/mol. The van der Waals surface area contributed by atoms with Crippen molar-refractivity contribution in [3.05, 3.63) is 66.0 Å². The molecule has 0 spiro atoms. The van der Waals surface area contributed by atoms with Crippen LogP contribution in [0.3, 0.4) is 0 Å². The molecule has 0 fully saturated rings. The number of benzene rings is 1. The Morgan fingerprint density at radius 1 is 1.14 bits per heavy atom. The average molecular weight is 297 g/mol. The van der Waals surface area contributed by atoms with E-state index >= 15 is 0 Å². The Hall–Kier alpha value is -2.69. The molecule has 22 heavy (non-hydrogen) atoms. The van der Waals surface area contributed by atoms with E-state index in [1.807, 2.05) is 30.3 Å². The Morgan fingerprint density at radius 3 is 2.55 bits per heavy atom. The van der Waals surface area contributed by atoms with Gasteiger partial charge in [0, 0.05) is 39.0 Å². The lowest BCUT2D eigenvalue weighted by molar-refractivity contribution is -0.129. The zero-order valence-electron chi connectivity index (χ0n) is 12.5. The molecule has 0 atom stereocenters. The van der Waals surface area contributed by atoms with Crippen LogP contribution in [-0.4, -0.2) is 34.8 Å². The van der Waals surface area contributed by atoms with Gasteiger partial charge in [0.05, 0.1) is 5.56 Å². The largest absolute Gasteiger partial charge is 0.350 e. The van der Waals surface area contributed by atoms with Gasteiger partial charge in [-0.25, -0.2) is 0 Å². The summed E-state index contributed by atoms with van der Waals surface area (Å²) < 4.78 is 0. The van der Waals surface area contributed by atoms with Crippen molar-refractivity contribution in [1.82, 2.24) is 15.2 Å². The maximum atomic E-state index is 11.9. The standard InChI is InChI=1S/C17H19N3O2/c1-14(21)20(13-15-6-3-2-4-7-15)11-10-19-17(22)16-8-5-9-18-12-16/h2-9,12H,10-11,13H2,1H3,(H,19,22). The molecule has 114 valence electrons. The molecule has 5 nitrogen and oxygen atoms in total. The first-order chi connectivity index (χ1) is 10.7. The van der Waals surface area contributed by atoms with Gasteiger partial charge in [-0.2, -0.15) is 0 Å². The normalized spacial score (nSPS) is 10.0. The Bertz CT molecular complexity index is 614. The van der Waals surface area contributed by atoms with Crippen molar-refractivity contribution in [2.45, 2.75) is 13.5 Å². The van der Waals surface area contributed by atoms with Crippen molar-refractivity contribution in [2.75, 3.05) is 13.1 Å². The van der Waals surface area contributed by atoms with E-state index in [0.717, 1.165) is 5.56 Å². The summed E-state index contributed by atoms with van der Waals surface area (Å²) in [5.41, 5.74) is 1.58. The van der Waals surface area contributed by atoms with Crippen LogP contribution in [0.15, 0.2) is 54.9 Å². The third-order valence-corrected chi connectivity index (χ3v) is 3.25. The molecule has 0 saturated carbocycles. The van der Waals surface area contributed by atoms with Gasteiger partial charge in [0.15, 0.2) is 0 Å². The molecule has 0 bridgehead atoms. The molecular weight excluding hydrogens is 278 g/mol. The fourth-order valence-corrected chi connectivity index (χ4v) is 2.06. The summed E-state index contributed by atoms with van der Waals surface area (Å²) in [6.45, 7) is 2.95. The van der Waals surface area contributed by atoms with Gasteiger partial charge >= 0.3 is 0 Å². The molecule has 2 aromatic rings. The Kier molecular flexibility index (Phi) is 5.65. The molecule has 0 aliphatic carbocycles. The third kappa shape index (κ3) is 4.70. The monoisotopic (exact) mass is 297 g/mol. The minimum absolute atomic E-state index is 0.0144. The van der Waals surface area contributed by atoms with E-state index in [-0.39, 0.29) is 11.8 Å². The number of nitrogens with one attached hydrogen (secondary N) is 1. The zero-order chi connectivity index (χ0) is 15.8. The second-order valence-corrected chi connectivity index (χ2v) is 4.92. The fraction of sp³-hybridized carbons (Fsp3) is 0.235. The molecule has 0 radical (unpaired) electrons. The van der Waals surface area contributed by atoms with Gasteiger partial charge in [0.2, 0.25) is 5.91 Å². The van der Waals surface area contributed by atoms with Gasteiger partial charge in [-0.15, -0.1) is 0 Å². The molecule has 1 aromatic heterocycles. The molecule has 1 aromatic carbocycles. The van der Waals surface area contributed by atoms with Crippen molar-refractivity contribution in [3.63, 3.8) is 0 Å². The van der Waals surface area contributed by atoms with Crippen molar-refractivity contribution in [3.8, 4) is 0 Å². The van der Waals surface area contributed by atoms with Crippen LogP contribution in [0.1, 0.15) is 22.8 Å². The molecule has 0 saturated heterocycles. The number of hydrogen-bond acceptors (Lipinski definition) is 3. The summed E-state index contributed by atoms with van der Waals surface area (Å²) in [6, 6.07) is 13.2. The van der Waals surface area contributed by atoms with Crippen molar-refractivity contribution in [2.24, 2.45) is 0 Å². The highest BCUT2D eigenvalue weighted by Crippen LogP contribution is 2.04. The first kappa shape index (κ1) is 15.7. The van der Waals surface area contributed by atoms with E-state index in [1.54, 1.807) is 23.2 Å². The van der Waals surface area contributed by atoms with Gasteiger partial charge in [-0.05, 0) is 17.7 Å². The SMILES string of the molecule is CC(=O)N(CCNC(=O)c1cccnc1)Cc1ccccc1. The van der Waals surface area contributed by atoms with Crippen molar-refractivity contribution >= 4 is 11.8 Å². The van der Waals surface area contributed by atoms with Crippen LogP contribution in [0.25, 0.3) is 0 Å². The van der Waals surface area contributed by atoms with E-state index in [9.17, 15) is 9.59 Å². The summed E-state index contributed by atoms with van der Waals surface area (Å²) in [5.74, 6) is -0.198. The second kappa shape index (κ2) is 7.93. The highest BCUT2D eigenvalue weighted by atomic mass is 16.2. The lowest BCUT2D eigenvalue weighted by atomic mass is 10.2. The van der Waals surface area contributed by atoms with Gasteiger partial charge < -0.3 is 10.2 Å². The number of carbonyl (C=O) groups excluding carboxylic acids is 2. The van der Waals surface area contributed by atoms with E-state index in [2.05, 4.69) is 10.3 Å². The fourth-order valence-electron chi connectivity index (χ4n) is 2.06. The summed E-state index contributed by atoms with van der Waals surface area (Å²) in [5, 5.41) is 2.80. The van der Waals surface area contributed by atoms with Crippen LogP contribution in [0.4, 0.5) is 0 Å². The van der Waals surface area contributed by atoms with Gasteiger partial charge in [-0.1, -0.05) is 30.3 Å². The number of pyridine rings is 1. The summed E-state index contributed by atoms with van der Waals surface area (Å²) in [4.78, 5) is 29.2. The third-order valence-electron chi connectivity index (χ3n) is 3.25. The number of nitrogens with zero attached hydrogens (tertiary/aromatic N) is 2. The average Bonchev–Trinajstić information content (AvgIpc) is 2.55. The number of hydrogen-bond donors (Lipinski definition) is 1. The maximum absolute atomic E-state index is 11.9. The first-order valence-electron chi connectivity index (χ1n) is 7.14. The Labute approximate surface area is 130 Å². The smallest absolute Gasteiger partial charge is 0.252 e. The van der Waals surface area contributed by atoms with Crippen molar-refractivity contribution < 1.29 is 9.59 Å². The molecular formula is C17H19N3O2. The maximum Gasteiger partial charge on any atom is 0.252 e. The molecule has 5 heteroatoms. The molecule has 0 aliphatic heterocycles. The van der Waals surface area contributed by atoms with Crippen LogP contribution in [0, 0.1) is 0 Å². The predicted octanol–water partition coefficient (Wildman–Crippen LogP) is 1.86. The minimum atomic E-state index is -0.184. The summed E-state index contributed by atoms with van der Waals surface area (Å²) in [7, 11) is 0. The van der Waals surface area contributed by atoms with Crippen LogP contribution in [0.5, 0.6) is 0 Å². The van der Waals surface area contributed by atoms with Gasteiger partial charge in [0.25, 0.3) is 5.91 Å².